The Morgan fingerprint density at radius 1 is 1.33 bits per heavy atom. The maximum atomic E-state index is 5.81. The molecular formula is C6H5ClHgS. The Hall–Kier alpha value is 0.795. The summed E-state index contributed by atoms with van der Waals surface area (Å²) in [5, 5.41) is 0. The molecule has 0 bridgehead atoms. The molecule has 0 aliphatic rings. The van der Waals surface area contributed by atoms with Gasteiger partial charge < -0.3 is 0 Å². The van der Waals surface area contributed by atoms with Gasteiger partial charge in [-0.1, -0.05) is 0 Å². The van der Waals surface area contributed by atoms with Crippen LogP contribution in [0.25, 0.3) is 0 Å². The summed E-state index contributed by atoms with van der Waals surface area (Å²) in [6.07, 6.45) is 0. The molecule has 0 aromatic heterocycles. The van der Waals surface area contributed by atoms with Gasteiger partial charge in [-0.25, -0.2) is 0 Å². The molecule has 0 amide bonds. The predicted octanol–water partition coefficient (Wildman–Crippen LogP) is 1.84. The van der Waals surface area contributed by atoms with Crippen LogP contribution in [-0.2, 0) is 23.3 Å². The van der Waals surface area contributed by atoms with Crippen LogP contribution in [0, 0.1) is 0 Å². The first-order chi connectivity index (χ1) is 4.34. The average Bonchev–Trinajstić information content (AvgIpc) is 1.89. The molecule has 0 unspecified atom stereocenters. The second-order valence-electron chi connectivity index (χ2n) is 1.76. The van der Waals surface area contributed by atoms with Gasteiger partial charge in [0.1, 0.15) is 0 Å². The van der Waals surface area contributed by atoms with Crippen molar-refractivity contribution in [2.75, 3.05) is 0 Å². The van der Waals surface area contributed by atoms with E-state index < -0.39 is 23.3 Å². The minimum atomic E-state index is -1.19. The van der Waals surface area contributed by atoms with Crippen LogP contribution in [-0.4, -0.2) is 0 Å². The Balaban J connectivity index is 3.01. The number of hydrogen-bond acceptors (Lipinski definition) is 1. The topological polar surface area (TPSA) is 0 Å². The van der Waals surface area contributed by atoms with Crippen molar-refractivity contribution in [2.24, 2.45) is 0 Å². The van der Waals surface area contributed by atoms with E-state index in [1.165, 1.54) is 3.07 Å². The Bertz CT molecular complexity index is 202. The number of rotatable bonds is 1. The van der Waals surface area contributed by atoms with Crippen LogP contribution in [0.3, 0.4) is 0 Å². The molecule has 0 heterocycles. The Kier molecular flexibility index (Phi) is 3.37. The second-order valence-corrected chi connectivity index (χ2v) is 8.59. The first-order valence-electron chi connectivity index (χ1n) is 2.67. The van der Waals surface area contributed by atoms with Crippen molar-refractivity contribution < 1.29 is 23.3 Å². The van der Waals surface area contributed by atoms with Gasteiger partial charge in [0, 0.05) is 0 Å². The average molecular weight is 345 g/mol. The number of benzene rings is 1. The van der Waals surface area contributed by atoms with Gasteiger partial charge in [0.15, 0.2) is 0 Å². The normalized spacial score (nSPS) is 8.67. The molecule has 0 nitrogen and oxygen atoms in total. The van der Waals surface area contributed by atoms with Crippen molar-refractivity contribution in [2.45, 2.75) is 4.90 Å². The van der Waals surface area contributed by atoms with Crippen LogP contribution in [0.2, 0.25) is 0 Å². The first kappa shape index (κ1) is 7.90. The van der Waals surface area contributed by atoms with Crippen molar-refractivity contribution >= 4 is 24.0 Å². The summed E-state index contributed by atoms with van der Waals surface area (Å²) in [5.41, 5.74) is 0. The van der Waals surface area contributed by atoms with Crippen molar-refractivity contribution in [3.8, 4) is 0 Å². The van der Waals surface area contributed by atoms with E-state index in [0.717, 1.165) is 4.90 Å². The molecule has 0 spiro atoms. The molecular weight excluding hydrogens is 340 g/mol. The van der Waals surface area contributed by atoms with Gasteiger partial charge in [0.2, 0.25) is 0 Å². The van der Waals surface area contributed by atoms with E-state index in [2.05, 4.69) is 18.7 Å². The fraction of sp³-hybridized carbons (Fsp3) is 0. The summed E-state index contributed by atoms with van der Waals surface area (Å²) in [6, 6.07) is 8.04. The summed E-state index contributed by atoms with van der Waals surface area (Å²) in [6.45, 7) is 0. The molecule has 0 fully saturated rings. The van der Waals surface area contributed by atoms with Gasteiger partial charge in [0.25, 0.3) is 0 Å². The van der Waals surface area contributed by atoms with Crippen molar-refractivity contribution in [1.29, 1.82) is 0 Å². The Morgan fingerprint density at radius 3 is 2.44 bits per heavy atom. The molecule has 0 aliphatic heterocycles. The second kappa shape index (κ2) is 3.84. The zero-order chi connectivity index (χ0) is 6.69. The molecule has 0 aliphatic carbocycles. The Labute approximate surface area is 75.9 Å². The van der Waals surface area contributed by atoms with Crippen LogP contribution in [0.5, 0.6) is 0 Å². The van der Waals surface area contributed by atoms with E-state index in [0.29, 0.717) is 0 Å². The fourth-order valence-corrected chi connectivity index (χ4v) is 6.21. The molecule has 1 aromatic rings. The summed E-state index contributed by atoms with van der Waals surface area (Å²) in [7, 11) is 5.81. The monoisotopic (exact) mass is 346 g/mol. The quantitative estimate of drug-likeness (QED) is 0.583. The van der Waals surface area contributed by atoms with Gasteiger partial charge in [-0.15, -0.1) is 0 Å². The number of thiol groups is 1. The molecule has 0 atom stereocenters. The molecule has 3 heteroatoms. The van der Waals surface area contributed by atoms with Gasteiger partial charge in [0.05, 0.1) is 0 Å². The summed E-state index contributed by atoms with van der Waals surface area (Å²) in [4.78, 5) is 1.06. The summed E-state index contributed by atoms with van der Waals surface area (Å²) < 4.78 is 1.31. The van der Waals surface area contributed by atoms with E-state index in [1.807, 2.05) is 18.2 Å². The number of hydrogen-bond donors (Lipinski definition) is 1. The van der Waals surface area contributed by atoms with Gasteiger partial charge in [-0.2, -0.15) is 0 Å². The summed E-state index contributed by atoms with van der Waals surface area (Å²) >= 11 is 3.06. The van der Waals surface area contributed by atoms with E-state index >= 15 is 0 Å². The van der Waals surface area contributed by atoms with Crippen LogP contribution >= 0.6 is 20.9 Å². The number of halogens is 1. The molecule has 0 saturated heterocycles. The molecule has 9 heavy (non-hydrogen) atoms. The molecule has 0 N–H and O–H groups in total. The third kappa shape index (κ3) is 2.13. The third-order valence-electron chi connectivity index (χ3n) is 1.14. The van der Waals surface area contributed by atoms with Crippen molar-refractivity contribution in [3.63, 3.8) is 0 Å². The van der Waals surface area contributed by atoms with Gasteiger partial charge in [-0.3, -0.25) is 0 Å². The molecule has 1 rings (SSSR count). The Morgan fingerprint density at radius 2 is 2.00 bits per heavy atom. The van der Waals surface area contributed by atoms with E-state index in [9.17, 15) is 0 Å². The van der Waals surface area contributed by atoms with E-state index in [4.69, 9.17) is 8.25 Å². The van der Waals surface area contributed by atoms with E-state index in [-0.39, 0.29) is 0 Å². The van der Waals surface area contributed by atoms with Gasteiger partial charge in [-0.05, 0) is 0 Å². The zero-order valence-corrected chi connectivity index (χ0v) is 12.0. The third-order valence-corrected chi connectivity index (χ3v) is 8.77. The van der Waals surface area contributed by atoms with Crippen LogP contribution in [0.1, 0.15) is 0 Å². The molecule has 1 aromatic carbocycles. The van der Waals surface area contributed by atoms with Crippen molar-refractivity contribution in [1.82, 2.24) is 0 Å². The summed E-state index contributed by atoms with van der Waals surface area (Å²) in [5.74, 6) is 0. The van der Waals surface area contributed by atoms with Crippen LogP contribution in [0.4, 0.5) is 0 Å². The van der Waals surface area contributed by atoms with Crippen molar-refractivity contribution in [3.05, 3.63) is 24.3 Å². The predicted molar refractivity (Wildman–Crippen MR) is 39.2 cm³/mol. The zero-order valence-electron chi connectivity index (χ0n) is 4.84. The van der Waals surface area contributed by atoms with Crippen LogP contribution in [0.15, 0.2) is 29.2 Å². The first-order valence-corrected chi connectivity index (χ1v) is 12.6. The SMILES string of the molecule is Sc1cccc[c]1[Hg][Cl]. The van der Waals surface area contributed by atoms with Gasteiger partial charge >= 0.3 is 76.5 Å². The van der Waals surface area contributed by atoms with E-state index in [1.54, 1.807) is 0 Å². The molecule has 44 valence electrons. The standard InChI is InChI=1S/C6H5S.ClH.Hg/c7-6-4-2-1-3-5-6;;/h1-4,7H;1H;/q;;+1/p-1. The molecule has 0 radical (unpaired) electrons. The minimum absolute atomic E-state index is 1.06. The van der Waals surface area contributed by atoms with Crippen LogP contribution < -0.4 is 3.07 Å². The maximum absolute atomic E-state index is 5.81. The fourth-order valence-electron chi connectivity index (χ4n) is 0.624. The molecule has 0 saturated carbocycles.